The maximum absolute atomic E-state index is 14.0. The fraction of sp³-hybridized carbons (Fsp3) is 0. The smallest absolute Gasteiger partial charge is 0.213 e. The molecule has 5 heterocycles. The second kappa shape index (κ2) is 10.2. The number of benzene rings is 3. The molecular weight excluding hydrogens is 535 g/mol. The molecule has 0 atom stereocenters. The summed E-state index contributed by atoms with van der Waals surface area (Å²) in [4.78, 5) is 27.9. The number of aromatic nitrogens is 6. The molecule has 6 nitrogen and oxygen atoms in total. The van der Waals surface area contributed by atoms with E-state index in [-0.39, 0.29) is 0 Å². The Labute approximate surface area is 245 Å². The van der Waals surface area contributed by atoms with E-state index in [0.717, 1.165) is 55.4 Å². The van der Waals surface area contributed by atoms with Gasteiger partial charge in [0, 0.05) is 34.1 Å². The zero-order chi connectivity index (χ0) is 28.8. The van der Waals surface area contributed by atoms with Crippen LogP contribution in [0.25, 0.3) is 78.0 Å². The van der Waals surface area contributed by atoms with Crippen LogP contribution in [0.15, 0.2) is 128 Å². The van der Waals surface area contributed by atoms with E-state index in [2.05, 4.69) is 39.2 Å². The van der Waals surface area contributed by atoms with E-state index in [1.54, 1.807) is 18.5 Å². The van der Waals surface area contributed by atoms with Crippen molar-refractivity contribution in [1.82, 2.24) is 29.9 Å². The van der Waals surface area contributed by atoms with E-state index in [9.17, 15) is 4.39 Å². The predicted octanol–water partition coefficient (Wildman–Crippen LogP) is 8.32. The van der Waals surface area contributed by atoms with Gasteiger partial charge in [-0.15, -0.1) is 0 Å². The molecule has 0 fully saturated rings. The van der Waals surface area contributed by atoms with E-state index < -0.39 is 5.95 Å². The Balaban J connectivity index is 1.26. The standard InChI is InChI=1S/C36H21FN6/c37-32-17-14-23-11-10-22-12-15-28(40-33(22)34(23)42-32)26-7-5-6-24(20-26)25-13-16-29-27(21-25)35(30-8-1-3-18-38-30)43-36(41-29)31-9-2-4-19-39-31/h1-21H. The molecule has 3 aromatic carbocycles. The third kappa shape index (κ3) is 4.53. The predicted molar refractivity (Wildman–Crippen MR) is 167 cm³/mol. The second-order valence-electron chi connectivity index (χ2n) is 10.2. The molecule has 0 N–H and O–H groups in total. The van der Waals surface area contributed by atoms with Crippen molar-refractivity contribution in [3.8, 4) is 45.3 Å². The largest absolute Gasteiger partial charge is 0.255 e. The highest BCUT2D eigenvalue weighted by molar-refractivity contribution is 6.03. The summed E-state index contributed by atoms with van der Waals surface area (Å²) in [5, 5.41) is 2.65. The van der Waals surface area contributed by atoms with Crippen molar-refractivity contribution < 1.29 is 4.39 Å². The van der Waals surface area contributed by atoms with Gasteiger partial charge in [-0.1, -0.05) is 54.6 Å². The molecule has 0 spiro atoms. The molecule has 0 aliphatic carbocycles. The van der Waals surface area contributed by atoms with Crippen molar-refractivity contribution in [2.24, 2.45) is 0 Å². The Morgan fingerprint density at radius 3 is 1.95 bits per heavy atom. The van der Waals surface area contributed by atoms with Gasteiger partial charge in [-0.25, -0.2) is 19.9 Å². The van der Waals surface area contributed by atoms with Crippen LogP contribution in [-0.4, -0.2) is 29.9 Å². The van der Waals surface area contributed by atoms with Crippen molar-refractivity contribution >= 4 is 32.7 Å². The van der Waals surface area contributed by atoms with E-state index in [1.165, 1.54) is 6.07 Å². The molecule has 8 aromatic rings. The topological polar surface area (TPSA) is 77.3 Å². The zero-order valence-corrected chi connectivity index (χ0v) is 22.7. The number of fused-ring (bicyclic) bond motifs is 4. The molecule has 0 radical (unpaired) electrons. The van der Waals surface area contributed by atoms with Crippen LogP contribution in [0.2, 0.25) is 0 Å². The lowest BCUT2D eigenvalue weighted by atomic mass is 9.98. The molecule has 0 aliphatic rings. The summed E-state index contributed by atoms with van der Waals surface area (Å²) < 4.78 is 14.0. The third-order valence-corrected chi connectivity index (χ3v) is 7.47. The Bertz CT molecular complexity index is 2310. The molecule has 0 amide bonds. The van der Waals surface area contributed by atoms with E-state index in [1.807, 2.05) is 78.9 Å². The molecule has 5 aromatic heterocycles. The maximum atomic E-state index is 14.0. The van der Waals surface area contributed by atoms with Gasteiger partial charge < -0.3 is 0 Å². The zero-order valence-electron chi connectivity index (χ0n) is 22.7. The molecule has 0 saturated heterocycles. The van der Waals surface area contributed by atoms with E-state index in [4.69, 9.17) is 15.0 Å². The van der Waals surface area contributed by atoms with Crippen molar-refractivity contribution in [2.45, 2.75) is 0 Å². The van der Waals surface area contributed by atoms with Gasteiger partial charge in [-0.05, 0) is 71.8 Å². The van der Waals surface area contributed by atoms with Crippen LogP contribution in [0.3, 0.4) is 0 Å². The minimum absolute atomic E-state index is 0.522. The lowest BCUT2D eigenvalue weighted by Crippen LogP contribution is -1.97. The fourth-order valence-electron chi connectivity index (χ4n) is 5.38. The third-order valence-electron chi connectivity index (χ3n) is 7.47. The summed E-state index contributed by atoms with van der Waals surface area (Å²) >= 11 is 0. The molecule has 43 heavy (non-hydrogen) atoms. The van der Waals surface area contributed by atoms with Gasteiger partial charge in [0.05, 0.1) is 27.9 Å². The van der Waals surface area contributed by atoms with E-state index in [0.29, 0.717) is 22.6 Å². The van der Waals surface area contributed by atoms with Gasteiger partial charge in [0.1, 0.15) is 11.4 Å². The average molecular weight is 557 g/mol. The van der Waals surface area contributed by atoms with Crippen LogP contribution in [-0.2, 0) is 0 Å². The van der Waals surface area contributed by atoms with Crippen molar-refractivity contribution in [3.63, 3.8) is 0 Å². The quantitative estimate of drug-likeness (QED) is 0.160. The average Bonchev–Trinajstić information content (AvgIpc) is 3.08. The highest BCUT2D eigenvalue weighted by Gasteiger charge is 2.15. The lowest BCUT2D eigenvalue weighted by Gasteiger charge is -2.11. The minimum Gasteiger partial charge on any atom is -0.255 e. The minimum atomic E-state index is -0.522. The summed E-state index contributed by atoms with van der Waals surface area (Å²) in [7, 11) is 0. The first-order chi connectivity index (χ1) is 21.2. The summed E-state index contributed by atoms with van der Waals surface area (Å²) in [6.45, 7) is 0. The Hall–Kier alpha value is -5.95. The SMILES string of the molecule is Fc1ccc2ccc3ccc(-c4cccc(-c5ccc6nc(-c7ccccn7)nc(-c7ccccn7)c6c5)c4)nc3c2n1. The monoisotopic (exact) mass is 556 g/mol. The molecule has 0 aliphatic heterocycles. The summed E-state index contributed by atoms with van der Waals surface area (Å²) in [6.07, 6.45) is 3.50. The second-order valence-corrected chi connectivity index (χ2v) is 10.2. The fourth-order valence-corrected chi connectivity index (χ4v) is 5.38. The summed E-state index contributed by atoms with van der Waals surface area (Å²) in [5.41, 5.74) is 7.99. The number of nitrogens with zero attached hydrogens (tertiary/aromatic N) is 6. The van der Waals surface area contributed by atoms with Gasteiger partial charge in [0.25, 0.3) is 0 Å². The Morgan fingerprint density at radius 1 is 0.465 bits per heavy atom. The number of pyridine rings is 4. The first-order valence-corrected chi connectivity index (χ1v) is 13.8. The first kappa shape index (κ1) is 24.8. The summed E-state index contributed by atoms with van der Waals surface area (Å²) in [6, 6.07) is 36.9. The highest BCUT2D eigenvalue weighted by Crippen LogP contribution is 2.33. The number of hydrogen-bond acceptors (Lipinski definition) is 6. The van der Waals surface area contributed by atoms with Crippen LogP contribution < -0.4 is 0 Å². The molecule has 0 saturated carbocycles. The van der Waals surface area contributed by atoms with Crippen LogP contribution >= 0.6 is 0 Å². The molecule has 0 bridgehead atoms. The van der Waals surface area contributed by atoms with Gasteiger partial charge in [-0.3, -0.25) is 9.97 Å². The highest BCUT2D eigenvalue weighted by atomic mass is 19.1. The van der Waals surface area contributed by atoms with E-state index >= 15 is 0 Å². The summed E-state index contributed by atoms with van der Waals surface area (Å²) in [5.74, 6) is 0.0273. The lowest BCUT2D eigenvalue weighted by molar-refractivity contribution is 0.589. The van der Waals surface area contributed by atoms with Gasteiger partial charge >= 0.3 is 0 Å². The molecule has 7 heteroatoms. The van der Waals surface area contributed by atoms with Crippen LogP contribution in [0, 0.1) is 5.95 Å². The molecular formula is C36H21FN6. The first-order valence-electron chi connectivity index (χ1n) is 13.8. The molecule has 202 valence electrons. The van der Waals surface area contributed by atoms with Crippen LogP contribution in [0.1, 0.15) is 0 Å². The maximum Gasteiger partial charge on any atom is 0.213 e. The molecule has 8 rings (SSSR count). The van der Waals surface area contributed by atoms with Crippen LogP contribution in [0.5, 0.6) is 0 Å². The van der Waals surface area contributed by atoms with Gasteiger partial charge in [0.15, 0.2) is 5.82 Å². The number of halogens is 1. The molecule has 0 unspecified atom stereocenters. The van der Waals surface area contributed by atoms with Crippen molar-refractivity contribution in [2.75, 3.05) is 0 Å². The number of hydrogen-bond donors (Lipinski definition) is 0. The number of rotatable bonds is 4. The Kier molecular flexibility index (Phi) is 5.86. The Morgan fingerprint density at radius 2 is 1.16 bits per heavy atom. The van der Waals surface area contributed by atoms with Crippen LogP contribution in [0.4, 0.5) is 4.39 Å². The van der Waals surface area contributed by atoms with Gasteiger partial charge in [0.2, 0.25) is 5.95 Å². The van der Waals surface area contributed by atoms with Crippen molar-refractivity contribution in [3.05, 3.63) is 134 Å². The van der Waals surface area contributed by atoms with Gasteiger partial charge in [-0.2, -0.15) is 4.39 Å². The normalized spacial score (nSPS) is 11.4. The van der Waals surface area contributed by atoms with Crippen molar-refractivity contribution in [1.29, 1.82) is 0 Å².